The Morgan fingerprint density at radius 3 is 2.40 bits per heavy atom. The van der Waals surface area contributed by atoms with Crippen molar-refractivity contribution >= 4 is 33.4 Å². The van der Waals surface area contributed by atoms with Crippen molar-refractivity contribution in [2.24, 2.45) is 0 Å². The van der Waals surface area contributed by atoms with Gasteiger partial charge < -0.3 is 10.6 Å². The maximum absolute atomic E-state index is 13.7. The Balaban J connectivity index is 1.74. The number of sulfonamides is 1. The van der Waals surface area contributed by atoms with Crippen molar-refractivity contribution in [1.29, 1.82) is 0 Å². The van der Waals surface area contributed by atoms with Gasteiger partial charge in [-0.2, -0.15) is 4.31 Å². The first kappa shape index (κ1) is 26.9. The van der Waals surface area contributed by atoms with Crippen molar-refractivity contribution in [1.82, 2.24) is 14.9 Å². The monoisotopic (exact) mass is 517 g/mol. The number of nitrogens with zero attached hydrogens (tertiary/aromatic N) is 1. The van der Waals surface area contributed by atoms with Crippen LogP contribution < -0.4 is 10.6 Å². The molecule has 0 saturated carbocycles. The normalized spacial score (nSPS) is 19.2. The molecule has 1 unspecified atom stereocenters. The van der Waals surface area contributed by atoms with Crippen LogP contribution >= 0.6 is 11.6 Å². The maximum atomic E-state index is 13.7. The Morgan fingerprint density at radius 1 is 1.14 bits per heavy atom. The highest BCUT2D eigenvalue weighted by Crippen LogP contribution is 2.44. The van der Waals surface area contributed by atoms with Crippen LogP contribution in [-0.4, -0.2) is 48.2 Å². The van der Waals surface area contributed by atoms with Crippen molar-refractivity contribution < 1.29 is 18.0 Å². The second-order valence-electron chi connectivity index (χ2n) is 9.87. The van der Waals surface area contributed by atoms with Gasteiger partial charge in [-0.25, -0.2) is 8.42 Å². The lowest BCUT2D eigenvalue weighted by molar-refractivity contribution is -0.117. The van der Waals surface area contributed by atoms with E-state index in [0.717, 1.165) is 5.56 Å². The smallest absolute Gasteiger partial charge is 0.251 e. The van der Waals surface area contributed by atoms with E-state index in [1.807, 2.05) is 32.0 Å². The summed E-state index contributed by atoms with van der Waals surface area (Å²) >= 11 is 5.99. The van der Waals surface area contributed by atoms with E-state index in [9.17, 15) is 18.0 Å². The molecule has 1 fully saturated rings. The first-order valence-electron chi connectivity index (χ1n) is 11.4. The van der Waals surface area contributed by atoms with Gasteiger partial charge in [-0.1, -0.05) is 30.3 Å². The van der Waals surface area contributed by atoms with Crippen molar-refractivity contribution in [3.63, 3.8) is 0 Å². The molecule has 0 radical (unpaired) electrons. The molecule has 1 aliphatic rings. The van der Waals surface area contributed by atoms with Gasteiger partial charge in [0.05, 0.1) is 10.4 Å². The highest BCUT2D eigenvalue weighted by Gasteiger charge is 2.57. The summed E-state index contributed by atoms with van der Waals surface area (Å²) in [4.78, 5) is 24.6. The van der Waals surface area contributed by atoms with Crippen molar-refractivity contribution in [3.8, 4) is 0 Å². The van der Waals surface area contributed by atoms with Crippen LogP contribution in [0, 0.1) is 0 Å². The lowest BCUT2D eigenvalue weighted by atomic mass is 9.94. The number of nitrogens with one attached hydrogen (secondary N) is 2. The molecule has 1 saturated heterocycles. The highest BCUT2D eigenvalue weighted by atomic mass is 35.5. The molecule has 2 aromatic carbocycles. The fraction of sp³-hybridized carbons (Fsp3) is 0.385. The van der Waals surface area contributed by atoms with Crippen LogP contribution in [0.2, 0.25) is 5.02 Å². The van der Waals surface area contributed by atoms with Gasteiger partial charge in [0.15, 0.2) is 0 Å². The van der Waals surface area contributed by atoms with E-state index in [4.69, 9.17) is 11.6 Å². The lowest BCUT2D eigenvalue weighted by Gasteiger charge is -2.40. The summed E-state index contributed by atoms with van der Waals surface area (Å²) in [6.07, 6.45) is 2.26. The second-order valence-corrected chi connectivity index (χ2v) is 12.1. The van der Waals surface area contributed by atoms with Gasteiger partial charge in [-0.3, -0.25) is 9.59 Å². The first-order chi connectivity index (χ1) is 16.3. The average Bonchev–Trinajstić information content (AvgIpc) is 2.96. The highest BCUT2D eigenvalue weighted by molar-refractivity contribution is 7.89. The van der Waals surface area contributed by atoms with Crippen LogP contribution in [0.15, 0.2) is 66.1 Å². The zero-order chi connectivity index (χ0) is 26.0. The number of carbonyl (C=O) groups is 2. The minimum absolute atomic E-state index is 0.0878. The number of halogens is 1. The fourth-order valence-electron chi connectivity index (χ4n) is 4.85. The fourth-order valence-corrected chi connectivity index (χ4v) is 7.22. The van der Waals surface area contributed by atoms with Crippen molar-refractivity contribution in [3.05, 3.63) is 77.3 Å². The summed E-state index contributed by atoms with van der Waals surface area (Å²) in [5.74, 6) is -0.631. The van der Waals surface area contributed by atoms with Gasteiger partial charge >= 0.3 is 0 Å². The van der Waals surface area contributed by atoms with E-state index in [1.165, 1.54) is 34.6 Å². The molecule has 2 aromatic rings. The third-order valence-electron chi connectivity index (χ3n) is 6.37. The Labute approximate surface area is 212 Å². The molecule has 0 aliphatic carbocycles. The minimum Gasteiger partial charge on any atom is -0.352 e. The summed E-state index contributed by atoms with van der Waals surface area (Å²) in [6.45, 7) is 11.2. The van der Waals surface area contributed by atoms with Gasteiger partial charge in [0.2, 0.25) is 15.9 Å². The molecule has 2 amide bonds. The minimum atomic E-state index is -3.92. The summed E-state index contributed by atoms with van der Waals surface area (Å²) in [7, 11) is -3.92. The summed E-state index contributed by atoms with van der Waals surface area (Å²) < 4.78 is 28.8. The van der Waals surface area contributed by atoms with Gasteiger partial charge in [0.25, 0.3) is 5.91 Å². The van der Waals surface area contributed by atoms with Gasteiger partial charge in [-0.15, -0.1) is 0 Å². The Hall–Kier alpha value is -2.68. The molecule has 7 nitrogen and oxygen atoms in total. The van der Waals surface area contributed by atoms with E-state index in [1.54, 1.807) is 19.9 Å². The molecule has 9 heteroatoms. The number of hydrogen-bond donors (Lipinski definition) is 2. The quantitative estimate of drug-likeness (QED) is 0.518. The van der Waals surface area contributed by atoms with Crippen LogP contribution in [-0.2, 0) is 21.2 Å². The molecule has 1 atom stereocenters. The largest absolute Gasteiger partial charge is 0.352 e. The Kier molecular flexibility index (Phi) is 7.79. The predicted molar refractivity (Wildman–Crippen MR) is 138 cm³/mol. The first-order valence-corrected chi connectivity index (χ1v) is 13.2. The van der Waals surface area contributed by atoms with Crippen LogP contribution in [0.5, 0.6) is 0 Å². The molecule has 0 aromatic heterocycles. The predicted octanol–water partition coefficient (Wildman–Crippen LogP) is 3.93. The maximum Gasteiger partial charge on any atom is 0.251 e. The van der Waals surface area contributed by atoms with Crippen LogP contribution in [0.3, 0.4) is 0 Å². The Bertz CT molecular complexity index is 1220. The zero-order valence-corrected chi connectivity index (χ0v) is 22.0. The number of rotatable bonds is 8. The second kappa shape index (κ2) is 10.1. The number of carbonyl (C=O) groups excluding carboxylic acids is 2. The zero-order valence-electron chi connectivity index (χ0n) is 20.5. The van der Waals surface area contributed by atoms with Crippen molar-refractivity contribution in [2.45, 2.75) is 62.6 Å². The lowest BCUT2D eigenvalue weighted by Crippen LogP contribution is -2.56. The molecule has 188 valence electrons. The van der Waals surface area contributed by atoms with E-state index >= 15 is 0 Å². The average molecular weight is 518 g/mol. The third kappa shape index (κ3) is 5.77. The molecular formula is C26H32ClN3O4S. The molecule has 1 aliphatic heterocycles. The molecule has 0 spiro atoms. The van der Waals surface area contributed by atoms with E-state index in [-0.39, 0.29) is 22.8 Å². The Morgan fingerprint density at radius 2 is 1.80 bits per heavy atom. The summed E-state index contributed by atoms with van der Waals surface area (Å²) in [5, 5.41) is 6.35. The van der Waals surface area contributed by atoms with Crippen LogP contribution in [0.25, 0.3) is 0 Å². The number of hydrogen-bond acceptors (Lipinski definition) is 4. The van der Waals surface area contributed by atoms with Crippen LogP contribution in [0.4, 0.5) is 0 Å². The van der Waals surface area contributed by atoms with Gasteiger partial charge in [-0.05, 0) is 88.6 Å². The third-order valence-corrected chi connectivity index (χ3v) is 8.92. The van der Waals surface area contributed by atoms with Crippen LogP contribution in [0.1, 0.15) is 50.0 Å². The summed E-state index contributed by atoms with van der Waals surface area (Å²) in [6, 6.07) is 13.0. The topological polar surface area (TPSA) is 95.6 Å². The van der Waals surface area contributed by atoms with Gasteiger partial charge in [0.1, 0.15) is 0 Å². The molecule has 2 N–H and O–H groups in total. The molecule has 3 rings (SSSR count). The molecular weight excluding hydrogens is 486 g/mol. The molecule has 1 heterocycles. The standard InChI is InChI=1S/C26H32ClN3O4S/c1-6-23(31)29-22-17-25(2,3)30(26(22,4)5)35(33,34)21-12-10-19(11-13-21)24(32)28-15-14-18-8-7-9-20(27)16-18/h6-13,16,22H,1,14-15,17H2,2-5H3,(H,28,32)(H,29,31). The van der Waals surface area contributed by atoms with Gasteiger partial charge in [0, 0.05) is 28.7 Å². The molecule has 35 heavy (non-hydrogen) atoms. The summed E-state index contributed by atoms with van der Waals surface area (Å²) in [5.41, 5.74) is -0.237. The van der Waals surface area contributed by atoms with Crippen molar-refractivity contribution in [2.75, 3.05) is 6.54 Å². The van der Waals surface area contributed by atoms with E-state index in [2.05, 4.69) is 17.2 Å². The molecule has 0 bridgehead atoms. The van der Waals surface area contributed by atoms with E-state index < -0.39 is 21.1 Å². The van der Waals surface area contributed by atoms with E-state index in [0.29, 0.717) is 30.0 Å². The SMILES string of the molecule is C=CC(=O)NC1CC(C)(C)N(S(=O)(=O)c2ccc(C(=O)NCCc3cccc(Cl)c3)cc2)C1(C)C. The number of benzene rings is 2. The number of amides is 2.